The van der Waals surface area contributed by atoms with Crippen molar-refractivity contribution in [3.63, 3.8) is 0 Å². The van der Waals surface area contributed by atoms with Gasteiger partial charge in [0.05, 0.1) is 11.6 Å². The molecule has 3 aromatic rings. The predicted molar refractivity (Wildman–Crippen MR) is 101 cm³/mol. The maximum atomic E-state index is 13.0. The van der Waals surface area contributed by atoms with Crippen molar-refractivity contribution in [3.8, 4) is 0 Å². The molecule has 0 saturated carbocycles. The van der Waals surface area contributed by atoms with Crippen LogP contribution in [0.3, 0.4) is 0 Å². The van der Waals surface area contributed by atoms with Gasteiger partial charge in [0, 0.05) is 22.2 Å². The molecule has 1 aromatic heterocycles. The van der Waals surface area contributed by atoms with E-state index in [1.807, 2.05) is 12.1 Å². The van der Waals surface area contributed by atoms with Crippen molar-refractivity contribution in [3.05, 3.63) is 68.1 Å². The van der Waals surface area contributed by atoms with Gasteiger partial charge in [0.15, 0.2) is 11.4 Å². The van der Waals surface area contributed by atoms with Crippen LogP contribution < -0.4 is 5.76 Å². The van der Waals surface area contributed by atoms with Gasteiger partial charge in [0.2, 0.25) is 0 Å². The number of halogens is 2. The number of hydrogen-bond acceptors (Lipinski definition) is 4. The first-order chi connectivity index (χ1) is 12.5. The molecule has 2 aromatic carbocycles. The topological polar surface area (TPSA) is 66.3 Å². The van der Waals surface area contributed by atoms with E-state index in [1.54, 1.807) is 24.3 Å². The average molecular weight is 391 g/mol. The lowest BCUT2D eigenvalue weighted by atomic mass is 10.0. The number of nitrogens with zero attached hydrogens (tertiary/aromatic N) is 1. The second kappa shape index (κ2) is 6.91. The van der Waals surface area contributed by atoms with E-state index in [0.717, 1.165) is 24.9 Å². The summed E-state index contributed by atoms with van der Waals surface area (Å²) in [4.78, 5) is 29.0. The van der Waals surface area contributed by atoms with Crippen LogP contribution in [0.25, 0.3) is 11.1 Å². The number of ketones is 1. The fraction of sp³-hybridized carbons (Fsp3) is 0.263. The Kier molecular flexibility index (Phi) is 4.61. The van der Waals surface area contributed by atoms with Crippen LogP contribution in [0, 0.1) is 0 Å². The third-order valence-corrected chi connectivity index (χ3v) is 5.12. The number of fused-ring (bicyclic) bond motifs is 1. The molecular weight excluding hydrogens is 375 g/mol. The Bertz CT molecular complexity index is 1020. The maximum Gasteiger partial charge on any atom is 0.417 e. The number of aromatic amines is 1. The van der Waals surface area contributed by atoms with E-state index in [9.17, 15) is 9.59 Å². The number of rotatable bonds is 4. The van der Waals surface area contributed by atoms with Crippen LogP contribution in [0.5, 0.6) is 0 Å². The fourth-order valence-corrected chi connectivity index (χ4v) is 4.11. The standard InChI is InChI=1S/C19H16Cl2N2O3/c20-13-6-11(7-14(21)9-13)10-23-5-1-2-16(23)18(24)12-3-4-15-17(8-12)26-19(25)22-15/h3-4,6-9,16H,1-2,5,10H2,(H,22,25). The Morgan fingerprint density at radius 2 is 1.96 bits per heavy atom. The van der Waals surface area contributed by atoms with Gasteiger partial charge in [-0.3, -0.25) is 14.7 Å². The minimum absolute atomic E-state index is 0.0290. The van der Waals surface area contributed by atoms with Crippen LogP contribution in [-0.2, 0) is 6.54 Å². The van der Waals surface area contributed by atoms with Crippen molar-refractivity contribution in [1.82, 2.24) is 9.88 Å². The van der Waals surface area contributed by atoms with E-state index in [-0.39, 0.29) is 11.8 Å². The molecule has 1 unspecified atom stereocenters. The molecule has 0 bridgehead atoms. The number of carbonyl (C=O) groups excluding carboxylic acids is 1. The zero-order valence-corrected chi connectivity index (χ0v) is 15.3. The number of carbonyl (C=O) groups is 1. The van der Waals surface area contributed by atoms with E-state index in [1.165, 1.54) is 0 Å². The molecule has 2 heterocycles. The first-order valence-electron chi connectivity index (χ1n) is 8.36. The van der Waals surface area contributed by atoms with Crippen molar-refractivity contribution in [2.24, 2.45) is 0 Å². The molecule has 1 atom stereocenters. The fourth-order valence-electron chi connectivity index (χ4n) is 3.54. The average Bonchev–Trinajstić information content (AvgIpc) is 3.17. The van der Waals surface area contributed by atoms with Crippen LogP contribution >= 0.6 is 23.2 Å². The van der Waals surface area contributed by atoms with Crippen LogP contribution in [0.15, 0.2) is 45.6 Å². The molecule has 0 aliphatic carbocycles. The Labute approximate surface area is 159 Å². The van der Waals surface area contributed by atoms with Crippen molar-refractivity contribution < 1.29 is 9.21 Å². The summed E-state index contributed by atoms with van der Waals surface area (Å²) >= 11 is 12.2. The number of hydrogen-bond donors (Lipinski definition) is 1. The minimum atomic E-state index is -0.523. The van der Waals surface area contributed by atoms with Gasteiger partial charge in [0.1, 0.15) is 0 Å². The quantitative estimate of drug-likeness (QED) is 0.675. The summed E-state index contributed by atoms with van der Waals surface area (Å²) in [6, 6.07) is 10.3. The van der Waals surface area contributed by atoms with Crippen LogP contribution in [0.2, 0.25) is 10.0 Å². The van der Waals surface area contributed by atoms with E-state index < -0.39 is 5.76 Å². The smallest absolute Gasteiger partial charge is 0.408 e. The largest absolute Gasteiger partial charge is 0.417 e. The van der Waals surface area contributed by atoms with Gasteiger partial charge in [-0.05, 0) is 61.3 Å². The number of H-pyrrole nitrogens is 1. The van der Waals surface area contributed by atoms with E-state index in [4.69, 9.17) is 27.6 Å². The molecule has 1 N–H and O–H groups in total. The minimum Gasteiger partial charge on any atom is -0.408 e. The highest BCUT2D eigenvalue weighted by atomic mass is 35.5. The molecule has 26 heavy (non-hydrogen) atoms. The molecule has 1 aliphatic heterocycles. The lowest BCUT2D eigenvalue weighted by Crippen LogP contribution is -2.35. The van der Waals surface area contributed by atoms with Gasteiger partial charge in [-0.1, -0.05) is 23.2 Å². The number of likely N-dealkylation sites (tertiary alicyclic amines) is 1. The predicted octanol–water partition coefficient (Wildman–Crippen LogP) is 4.28. The van der Waals surface area contributed by atoms with Gasteiger partial charge in [-0.2, -0.15) is 0 Å². The number of Topliss-reactive ketones (excluding diaryl/α,β-unsaturated/α-hetero) is 1. The van der Waals surface area contributed by atoms with E-state index in [0.29, 0.717) is 33.3 Å². The molecule has 0 radical (unpaired) electrons. The van der Waals surface area contributed by atoms with Gasteiger partial charge in [0.25, 0.3) is 0 Å². The summed E-state index contributed by atoms with van der Waals surface area (Å²) in [7, 11) is 0. The van der Waals surface area contributed by atoms with Crippen LogP contribution in [0.4, 0.5) is 0 Å². The van der Waals surface area contributed by atoms with Crippen molar-refractivity contribution in [1.29, 1.82) is 0 Å². The van der Waals surface area contributed by atoms with Gasteiger partial charge in [-0.25, -0.2) is 4.79 Å². The Morgan fingerprint density at radius 3 is 2.73 bits per heavy atom. The number of oxazole rings is 1. The molecule has 4 rings (SSSR count). The lowest BCUT2D eigenvalue weighted by Gasteiger charge is -2.23. The van der Waals surface area contributed by atoms with Gasteiger partial charge in [-0.15, -0.1) is 0 Å². The lowest BCUT2D eigenvalue weighted by molar-refractivity contribution is 0.0862. The van der Waals surface area contributed by atoms with Crippen LogP contribution in [-0.4, -0.2) is 28.3 Å². The van der Waals surface area contributed by atoms with Crippen molar-refractivity contribution >= 4 is 40.1 Å². The highest BCUT2D eigenvalue weighted by Gasteiger charge is 2.31. The first-order valence-corrected chi connectivity index (χ1v) is 9.11. The summed E-state index contributed by atoms with van der Waals surface area (Å²) in [6.07, 6.45) is 1.74. The summed E-state index contributed by atoms with van der Waals surface area (Å²) in [6.45, 7) is 1.44. The molecule has 5 nitrogen and oxygen atoms in total. The Balaban J connectivity index is 1.58. The highest BCUT2D eigenvalue weighted by Crippen LogP contribution is 2.26. The number of aromatic nitrogens is 1. The van der Waals surface area contributed by atoms with E-state index in [2.05, 4.69) is 9.88 Å². The molecular formula is C19H16Cl2N2O3. The molecule has 0 amide bonds. The molecule has 1 saturated heterocycles. The Morgan fingerprint density at radius 1 is 1.19 bits per heavy atom. The normalized spacial score (nSPS) is 17.8. The second-order valence-corrected chi connectivity index (χ2v) is 7.37. The third kappa shape index (κ3) is 3.43. The zero-order chi connectivity index (χ0) is 18.3. The van der Waals surface area contributed by atoms with Gasteiger partial charge < -0.3 is 4.42 Å². The van der Waals surface area contributed by atoms with Crippen molar-refractivity contribution in [2.75, 3.05) is 6.54 Å². The number of benzene rings is 2. The monoisotopic (exact) mass is 390 g/mol. The zero-order valence-electron chi connectivity index (χ0n) is 13.8. The third-order valence-electron chi connectivity index (χ3n) is 4.68. The highest BCUT2D eigenvalue weighted by molar-refractivity contribution is 6.34. The summed E-state index contributed by atoms with van der Waals surface area (Å²) in [5.41, 5.74) is 2.51. The summed E-state index contributed by atoms with van der Waals surface area (Å²) in [5, 5.41) is 1.17. The molecule has 1 aliphatic rings. The van der Waals surface area contributed by atoms with Crippen LogP contribution in [0.1, 0.15) is 28.8 Å². The molecule has 7 heteroatoms. The van der Waals surface area contributed by atoms with Crippen molar-refractivity contribution in [2.45, 2.75) is 25.4 Å². The van der Waals surface area contributed by atoms with Gasteiger partial charge >= 0.3 is 5.76 Å². The first kappa shape index (κ1) is 17.3. The number of nitrogens with one attached hydrogen (secondary N) is 1. The van der Waals surface area contributed by atoms with E-state index >= 15 is 0 Å². The molecule has 0 spiro atoms. The molecule has 134 valence electrons. The SMILES string of the molecule is O=C(c1ccc2[nH]c(=O)oc2c1)C1CCCN1Cc1cc(Cl)cc(Cl)c1. The second-order valence-electron chi connectivity index (χ2n) is 6.50. The molecule has 1 fully saturated rings. The Hall–Kier alpha value is -2.08. The summed E-state index contributed by atoms with van der Waals surface area (Å²) < 4.78 is 5.06. The summed E-state index contributed by atoms with van der Waals surface area (Å²) in [5.74, 6) is -0.494. The maximum absolute atomic E-state index is 13.0.